The highest BCUT2D eigenvalue weighted by molar-refractivity contribution is 5.81. The van der Waals surface area contributed by atoms with E-state index >= 15 is 0 Å². The van der Waals surface area contributed by atoms with E-state index < -0.39 is 18.3 Å². The Hall–Kier alpha value is -1.76. The highest BCUT2D eigenvalue weighted by Gasteiger charge is 2.34. The van der Waals surface area contributed by atoms with Crippen molar-refractivity contribution in [3.63, 3.8) is 0 Å². The first-order valence-electron chi connectivity index (χ1n) is 6.63. The van der Waals surface area contributed by atoms with Gasteiger partial charge in [-0.2, -0.15) is 13.2 Å². The number of aliphatic hydroxyl groups is 1. The molecule has 1 aromatic rings. The minimum absolute atomic E-state index is 0.0618. The highest BCUT2D eigenvalue weighted by Crippen LogP contribution is 2.35. The van der Waals surface area contributed by atoms with Crippen molar-refractivity contribution in [2.45, 2.75) is 19.2 Å². The van der Waals surface area contributed by atoms with Gasteiger partial charge >= 0.3 is 6.18 Å². The maximum Gasteiger partial charge on any atom is 0.416 e. The molecule has 1 heterocycles. The van der Waals surface area contributed by atoms with E-state index in [0.29, 0.717) is 25.2 Å². The lowest BCUT2D eigenvalue weighted by molar-refractivity contribution is -0.138. The van der Waals surface area contributed by atoms with E-state index in [0.717, 1.165) is 6.07 Å². The van der Waals surface area contributed by atoms with Crippen LogP contribution in [0.25, 0.3) is 0 Å². The smallest absolute Gasteiger partial charge is 0.392 e. The summed E-state index contributed by atoms with van der Waals surface area (Å²) < 4.78 is 39.0. The largest absolute Gasteiger partial charge is 0.416 e. The van der Waals surface area contributed by atoms with Gasteiger partial charge in [-0.1, -0.05) is 6.07 Å². The van der Waals surface area contributed by atoms with Crippen LogP contribution in [0.4, 0.5) is 18.9 Å². The van der Waals surface area contributed by atoms with Gasteiger partial charge in [0.25, 0.3) is 0 Å². The molecule has 1 fully saturated rings. The molecule has 0 atom stereocenters. The number of rotatable bonds is 2. The van der Waals surface area contributed by atoms with Crippen molar-refractivity contribution in [1.82, 2.24) is 4.90 Å². The molecule has 0 spiro atoms. The van der Waals surface area contributed by atoms with Crippen LogP contribution in [0.1, 0.15) is 17.5 Å². The summed E-state index contributed by atoms with van der Waals surface area (Å²) in [5.74, 6) is -0.118. The number of anilines is 1. The number of hydrogen-bond donors (Lipinski definition) is 1. The number of carbonyl (C=O) groups excluding carboxylic acids is 1. The molecule has 4 nitrogen and oxygen atoms in total. The molecular weight excluding hydrogens is 285 g/mol. The first kappa shape index (κ1) is 15.6. The molecule has 0 aromatic heterocycles. The number of carbonyl (C=O) groups is 1. The standard InChI is InChI=1S/C14H17F3N2O2/c1-18-5-2-6-19(8-13(18)21)11-4-3-10(9-20)12(7-11)14(15,16)17/h3-4,7,20H,2,5-6,8-9H2,1H3. The zero-order chi connectivity index (χ0) is 15.6. The molecule has 0 radical (unpaired) electrons. The van der Waals surface area contributed by atoms with Crippen molar-refractivity contribution < 1.29 is 23.1 Å². The highest BCUT2D eigenvalue weighted by atomic mass is 19.4. The number of likely N-dealkylation sites (N-methyl/N-ethyl adjacent to an activating group) is 1. The molecule has 2 rings (SSSR count). The lowest BCUT2D eigenvalue weighted by Gasteiger charge is -2.23. The van der Waals surface area contributed by atoms with Crippen LogP contribution in [0.5, 0.6) is 0 Å². The van der Waals surface area contributed by atoms with Crippen molar-refractivity contribution in [2.24, 2.45) is 0 Å². The Morgan fingerprint density at radius 2 is 2.00 bits per heavy atom. The van der Waals surface area contributed by atoms with E-state index in [4.69, 9.17) is 5.11 Å². The molecule has 7 heteroatoms. The van der Waals surface area contributed by atoms with Gasteiger partial charge in [0.1, 0.15) is 0 Å². The minimum Gasteiger partial charge on any atom is -0.392 e. The SMILES string of the molecule is CN1CCCN(c2ccc(CO)c(C(F)(F)F)c2)CC1=O. The van der Waals surface area contributed by atoms with Crippen molar-refractivity contribution >= 4 is 11.6 Å². The summed E-state index contributed by atoms with van der Waals surface area (Å²) >= 11 is 0. The lowest BCUT2D eigenvalue weighted by atomic mass is 10.1. The number of amides is 1. The van der Waals surface area contributed by atoms with E-state index in [-0.39, 0.29) is 18.0 Å². The molecule has 1 aromatic carbocycles. The first-order chi connectivity index (χ1) is 9.82. The van der Waals surface area contributed by atoms with Gasteiger partial charge in [0.05, 0.1) is 18.7 Å². The van der Waals surface area contributed by atoms with Gasteiger partial charge in [-0.15, -0.1) is 0 Å². The topological polar surface area (TPSA) is 43.8 Å². The summed E-state index contributed by atoms with van der Waals surface area (Å²) in [7, 11) is 1.68. The van der Waals surface area contributed by atoms with E-state index in [9.17, 15) is 18.0 Å². The van der Waals surface area contributed by atoms with Gasteiger partial charge in [0.15, 0.2) is 0 Å². The molecule has 21 heavy (non-hydrogen) atoms. The van der Waals surface area contributed by atoms with E-state index in [1.54, 1.807) is 16.8 Å². The molecule has 0 bridgehead atoms. The molecule has 0 unspecified atom stereocenters. The number of benzene rings is 1. The molecular formula is C14H17F3N2O2. The second-order valence-corrected chi connectivity index (χ2v) is 5.09. The number of nitrogens with zero attached hydrogens (tertiary/aromatic N) is 2. The zero-order valence-electron chi connectivity index (χ0n) is 11.7. The van der Waals surface area contributed by atoms with Crippen molar-refractivity contribution in [2.75, 3.05) is 31.6 Å². The van der Waals surface area contributed by atoms with E-state index in [1.165, 1.54) is 12.1 Å². The fourth-order valence-corrected chi connectivity index (χ4v) is 2.37. The summed E-state index contributed by atoms with van der Waals surface area (Å²) in [6.07, 6.45) is -3.83. The number of alkyl halides is 3. The second-order valence-electron chi connectivity index (χ2n) is 5.09. The van der Waals surface area contributed by atoms with Gasteiger partial charge in [-0.05, 0) is 24.1 Å². The monoisotopic (exact) mass is 302 g/mol. The number of hydrogen-bond acceptors (Lipinski definition) is 3. The maximum absolute atomic E-state index is 13.0. The predicted octanol–water partition coefficient (Wildman–Crippen LogP) is 1.87. The van der Waals surface area contributed by atoms with Gasteiger partial charge in [-0.25, -0.2) is 0 Å². The van der Waals surface area contributed by atoms with E-state index in [1.807, 2.05) is 0 Å². The van der Waals surface area contributed by atoms with Gasteiger partial charge in [0.2, 0.25) is 5.91 Å². The third-order valence-electron chi connectivity index (χ3n) is 3.61. The number of aliphatic hydroxyl groups excluding tert-OH is 1. The summed E-state index contributed by atoms with van der Waals surface area (Å²) in [4.78, 5) is 15.0. The Morgan fingerprint density at radius 1 is 1.29 bits per heavy atom. The lowest BCUT2D eigenvalue weighted by Crippen LogP contribution is -2.34. The summed E-state index contributed by atoms with van der Waals surface area (Å²) in [5.41, 5.74) is -0.666. The van der Waals surface area contributed by atoms with Crippen molar-refractivity contribution in [3.8, 4) is 0 Å². The average Bonchev–Trinajstić information content (AvgIpc) is 2.59. The van der Waals surface area contributed by atoms with Crippen LogP contribution in [-0.2, 0) is 17.6 Å². The number of halogens is 3. The second kappa shape index (κ2) is 5.93. The summed E-state index contributed by atoms with van der Waals surface area (Å²) in [5, 5.41) is 9.03. The summed E-state index contributed by atoms with van der Waals surface area (Å²) in [6.45, 7) is 0.505. The van der Waals surface area contributed by atoms with Gasteiger partial charge < -0.3 is 14.9 Å². The Kier molecular flexibility index (Phi) is 4.41. The van der Waals surface area contributed by atoms with Gasteiger partial charge in [0, 0.05) is 25.8 Å². The van der Waals surface area contributed by atoms with Crippen molar-refractivity contribution in [3.05, 3.63) is 29.3 Å². The Bertz CT molecular complexity index is 531. The molecule has 1 N–H and O–H groups in total. The molecule has 1 aliphatic heterocycles. The molecule has 1 amide bonds. The fourth-order valence-electron chi connectivity index (χ4n) is 2.37. The first-order valence-corrected chi connectivity index (χ1v) is 6.63. The molecule has 0 saturated carbocycles. The average molecular weight is 302 g/mol. The quantitative estimate of drug-likeness (QED) is 0.907. The maximum atomic E-state index is 13.0. The predicted molar refractivity (Wildman–Crippen MR) is 71.8 cm³/mol. The molecule has 116 valence electrons. The van der Waals surface area contributed by atoms with Crippen LogP contribution in [0.3, 0.4) is 0 Å². The summed E-state index contributed by atoms with van der Waals surface area (Å²) in [6, 6.07) is 3.78. The van der Waals surface area contributed by atoms with Crippen LogP contribution in [0, 0.1) is 0 Å². The molecule has 1 aliphatic rings. The fraction of sp³-hybridized carbons (Fsp3) is 0.500. The van der Waals surface area contributed by atoms with Crippen molar-refractivity contribution in [1.29, 1.82) is 0 Å². The minimum atomic E-state index is -4.53. The Balaban J connectivity index is 2.34. The van der Waals surface area contributed by atoms with Crippen LogP contribution in [0.2, 0.25) is 0 Å². The normalized spacial score (nSPS) is 17.1. The van der Waals surface area contributed by atoms with Crippen LogP contribution in [-0.4, -0.2) is 42.6 Å². The molecule has 1 saturated heterocycles. The molecule has 0 aliphatic carbocycles. The Morgan fingerprint density at radius 3 is 2.62 bits per heavy atom. The van der Waals surface area contributed by atoms with Crippen LogP contribution >= 0.6 is 0 Å². The third-order valence-corrected chi connectivity index (χ3v) is 3.61. The van der Waals surface area contributed by atoms with Gasteiger partial charge in [-0.3, -0.25) is 4.79 Å². The third kappa shape index (κ3) is 3.47. The van der Waals surface area contributed by atoms with Crippen LogP contribution < -0.4 is 4.90 Å². The van der Waals surface area contributed by atoms with E-state index in [2.05, 4.69) is 0 Å². The Labute approximate surface area is 120 Å². The zero-order valence-corrected chi connectivity index (χ0v) is 11.7. The van der Waals surface area contributed by atoms with Crippen LogP contribution in [0.15, 0.2) is 18.2 Å².